The summed E-state index contributed by atoms with van der Waals surface area (Å²) in [5.74, 6) is 0.960. The first-order valence-electron chi connectivity index (χ1n) is 8.25. The van der Waals surface area contributed by atoms with Crippen molar-refractivity contribution in [3.05, 3.63) is 35.4 Å². The molecule has 1 fully saturated rings. The molecule has 0 spiro atoms. The number of rotatable bonds is 3. The number of likely N-dealkylation sites (tertiary alicyclic amines) is 1. The van der Waals surface area contributed by atoms with E-state index in [2.05, 4.69) is 45.1 Å². The number of halogens is 1. The second kappa shape index (κ2) is 6.95. The van der Waals surface area contributed by atoms with Gasteiger partial charge in [-0.05, 0) is 55.6 Å². The molecule has 1 aromatic rings. The Morgan fingerprint density at radius 1 is 1.19 bits per heavy atom. The summed E-state index contributed by atoms with van der Waals surface area (Å²) in [5.41, 5.74) is 2.90. The van der Waals surface area contributed by atoms with Crippen LogP contribution in [0.2, 0.25) is 0 Å². The number of amides is 1. The van der Waals surface area contributed by atoms with Gasteiger partial charge in [0.2, 0.25) is 5.91 Å². The Balaban J connectivity index is 1.55. The SMILES string of the molecule is O=C(CCC1CCc2ccccc2C1Br)N1CCCCC1. The second-order valence-corrected chi connectivity index (χ2v) is 7.37. The number of carbonyl (C=O) groups is 1. The van der Waals surface area contributed by atoms with Gasteiger partial charge in [0.25, 0.3) is 0 Å². The molecular weight excluding hydrogens is 326 g/mol. The Labute approximate surface area is 136 Å². The fourth-order valence-electron chi connectivity index (χ4n) is 3.67. The molecule has 2 unspecified atom stereocenters. The smallest absolute Gasteiger partial charge is 0.222 e. The van der Waals surface area contributed by atoms with Crippen LogP contribution in [0.25, 0.3) is 0 Å². The molecule has 1 aliphatic carbocycles. The first-order valence-corrected chi connectivity index (χ1v) is 9.17. The molecule has 0 radical (unpaired) electrons. The van der Waals surface area contributed by atoms with E-state index in [4.69, 9.17) is 0 Å². The average molecular weight is 350 g/mol. The predicted molar refractivity (Wildman–Crippen MR) is 89.6 cm³/mol. The van der Waals surface area contributed by atoms with Crippen molar-refractivity contribution < 1.29 is 4.79 Å². The van der Waals surface area contributed by atoms with E-state index < -0.39 is 0 Å². The molecule has 1 amide bonds. The number of aryl methyl sites for hydroxylation is 1. The van der Waals surface area contributed by atoms with Gasteiger partial charge >= 0.3 is 0 Å². The third-order valence-corrected chi connectivity index (χ3v) is 6.23. The second-order valence-electron chi connectivity index (χ2n) is 6.38. The van der Waals surface area contributed by atoms with Gasteiger partial charge in [0.1, 0.15) is 0 Å². The maximum atomic E-state index is 12.3. The Bertz CT molecular complexity index is 496. The quantitative estimate of drug-likeness (QED) is 0.736. The summed E-state index contributed by atoms with van der Waals surface area (Å²) in [7, 11) is 0. The van der Waals surface area contributed by atoms with Crippen molar-refractivity contribution in [2.24, 2.45) is 5.92 Å². The van der Waals surface area contributed by atoms with Gasteiger partial charge in [0.15, 0.2) is 0 Å². The van der Waals surface area contributed by atoms with Crippen LogP contribution in [0.1, 0.15) is 54.5 Å². The first-order chi connectivity index (χ1) is 10.3. The third-order valence-electron chi connectivity index (χ3n) is 4.99. The van der Waals surface area contributed by atoms with Crippen LogP contribution in [0.5, 0.6) is 0 Å². The Morgan fingerprint density at radius 2 is 1.95 bits per heavy atom. The number of fused-ring (bicyclic) bond motifs is 1. The highest BCUT2D eigenvalue weighted by Crippen LogP contribution is 2.42. The van der Waals surface area contributed by atoms with Crippen molar-refractivity contribution in [1.29, 1.82) is 0 Å². The van der Waals surface area contributed by atoms with Gasteiger partial charge in [0.05, 0.1) is 0 Å². The molecule has 1 aliphatic heterocycles. The van der Waals surface area contributed by atoms with Gasteiger partial charge in [-0.3, -0.25) is 4.79 Å². The van der Waals surface area contributed by atoms with Gasteiger partial charge in [-0.2, -0.15) is 0 Å². The van der Waals surface area contributed by atoms with Crippen LogP contribution < -0.4 is 0 Å². The first kappa shape index (κ1) is 15.1. The molecule has 1 heterocycles. The van der Waals surface area contributed by atoms with E-state index in [0.717, 1.165) is 32.4 Å². The largest absolute Gasteiger partial charge is 0.343 e. The van der Waals surface area contributed by atoms with E-state index in [1.165, 1.54) is 36.8 Å². The van der Waals surface area contributed by atoms with E-state index in [9.17, 15) is 4.79 Å². The van der Waals surface area contributed by atoms with Gasteiger partial charge in [-0.25, -0.2) is 0 Å². The Hall–Kier alpha value is -0.830. The molecule has 3 rings (SSSR count). The van der Waals surface area contributed by atoms with Crippen molar-refractivity contribution >= 4 is 21.8 Å². The topological polar surface area (TPSA) is 20.3 Å². The molecule has 0 aromatic heterocycles. The summed E-state index contributed by atoms with van der Waals surface area (Å²) in [5, 5.41) is 0. The summed E-state index contributed by atoms with van der Waals surface area (Å²) in [6, 6.07) is 8.71. The molecule has 0 N–H and O–H groups in total. The highest BCUT2D eigenvalue weighted by atomic mass is 79.9. The van der Waals surface area contributed by atoms with Crippen LogP contribution in [0.3, 0.4) is 0 Å². The summed E-state index contributed by atoms with van der Waals surface area (Å²) in [6.45, 7) is 1.95. The highest BCUT2D eigenvalue weighted by molar-refractivity contribution is 9.09. The molecule has 1 aromatic carbocycles. The molecule has 3 heteroatoms. The Kier molecular flexibility index (Phi) is 4.99. The van der Waals surface area contributed by atoms with Crippen molar-refractivity contribution in [3.63, 3.8) is 0 Å². The number of nitrogens with zero attached hydrogens (tertiary/aromatic N) is 1. The number of alkyl halides is 1. The molecule has 2 aliphatic rings. The summed E-state index contributed by atoms with van der Waals surface area (Å²) in [4.78, 5) is 14.8. The lowest BCUT2D eigenvalue weighted by molar-refractivity contribution is -0.132. The van der Waals surface area contributed by atoms with Gasteiger partial charge in [-0.15, -0.1) is 0 Å². The zero-order chi connectivity index (χ0) is 14.7. The molecule has 2 nitrogen and oxygen atoms in total. The molecular formula is C18H24BrNO. The maximum Gasteiger partial charge on any atom is 0.222 e. The van der Waals surface area contributed by atoms with Crippen molar-refractivity contribution in [1.82, 2.24) is 4.90 Å². The van der Waals surface area contributed by atoms with Crippen LogP contribution in [0, 0.1) is 5.92 Å². The monoisotopic (exact) mass is 349 g/mol. The van der Waals surface area contributed by atoms with Gasteiger partial charge < -0.3 is 4.90 Å². The molecule has 1 saturated heterocycles. The zero-order valence-electron chi connectivity index (χ0n) is 12.6. The van der Waals surface area contributed by atoms with Crippen LogP contribution in [0.15, 0.2) is 24.3 Å². The molecule has 114 valence electrons. The summed E-state index contributed by atoms with van der Waals surface area (Å²) in [6.07, 6.45) is 7.73. The standard InChI is InChI=1S/C18H24BrNO/c19-18-15(9-8-14-6-2-3-7-16(14)18)10-11-17(21)20-12-4-1-5-13-20/h2-3,6-7,15,18H,1,4-5,8-13H2. The normalized spacial score (nSPS) is 25.5. The molecule has 21 heavy (non-hydrogen) atoms. The average Bonchev–Trinajstić information content (AvgIpc) is 2.55. The minimum absolute atomic E-state index is 0.369. The zero-order valence-corrected chi connectivity index (χ0v) is 14.1. The highest BCUT2D eigenvalue weighted by Gasteiger charge is 2.28. The van der Waals surface area contributed by atoms with Crippen molar-refractivity contribution in [3.8, 4) is 0 Å². The summed E-state index contributed by atoms with van der Waals surface area (Å²) < 4.78 is 0. The Morgan fingerprint density at radius 3 is 2.76 bits per heavy atom. The lowest BCUT2D eigenvalue weighted by atomic mass is 9.81. The third kappa shape index (κ3) is 3.50. The molecule has 0 bridgehead atoms. The van der Waals surface area contributed by atoms with Gasteiger partial charge in [-0.1, -0.05) is 40.2 Å². The van der Waals surface area contributed by atoms with Crippen LogP contribution in [-0.4, -0.2) is 23.9 Å². The number of hydrogen-bond acceptors (Lipinski definition) is 1. The van der Waals surface area contributed by atoms with Crippen molar-refractivity contribution in [2.75, 3.05) is 13.1 Å². The number of piperidine rings is 1. The van der Waals surface area contributed by atoms with Crippen LogP contribution >= 0.6 is 15.9 Å². The fraction of sp³-hybridized carbons (Fsp3) is 0.611. The van der Waals surface area contributed by atoms with E-state index in [1.54, 1.807) is 0 Å². The lowest BCUT2D eigenvalue weighted by Gasteiger charge is -2.31. The van der Waals surface area contributed by atoms with E-state index >= 15 is 0 Å². The number of hydrogen-bond donors (Lipinski definition) is 0. The number of carbonyl (C=O) groups excluding carboxylic acids is 1. The lowest BCUT2D eigenvalue weighted by Crippen LogP contribution is -2.35. The van der Waals surface area contributed by atoms with E-state index in [-0.39, 0.29) is 0 Å². The van der Waals surface area contributed by atoms with Crippen molar-refractivity contribution in [2.45, 2.75) is 49.8 Å². The predicted octanol–water partition coefficient (Wildman–Crippen LogP) is 4.48. The fourth-order valence-corrected chi connectivity index (χ4v) is 4.65. The van der Waals surface area contributed by atoms with E-state index in [0.29, 0.717) is 16.7 Å². The maximum absolute atomic E-state index is 12.3. The van der Waals surface area contributed by atoms with Gasteiger partial charge in [0, 0.05) is 24.3 Å². The molecule has 0 saturated carbocycles. The minimum Gasteiger partial charge on any atom is -0.343 e. The minimum atomic E-state index is 0.369. The molecule has 2 atom stereocenters. The van der Waals surface area contributed by atoms with Crippen LogP contribution in [-0.2, 0) is 11.2 Å². The van der Waals surface area contributed by atoms with E-state index in [1.807, 2.05) is 0 Å². The number of benzene rings is 1. The van der Waals surface area contributed by atoms with Crippen LogP contribution in [0.4, 0.5) is 0 Å². The summed E-state index contributed by atoms with van der Waals surface area (Å²) >= 11 is 3.87.